The van der Waals surface area contributed by atoms with Crippen LogP contribution >= 0.6 is 0 Å². The lowest BCUT2D eigenvalue weighted by atomic mass is 10.3. The number of H-pyrrole nitrogens is 1. The standard InChI is InChI=1S/C14H11N5O5/c20-11(24-10-3-1-9(2-4-10)19(22)23)5-6-18-8-17-12-13(18)15-7-16-14(12)21/h1-4,7-8H,5-6H2,(H,15,16,21). The highest BCUT2D eigenvalue weighted by molar-refractivity contribution is 5.73. The minimum atomic E-state index is -0.537. The van der Waals surface area contributed by atoms with Crippen molar-refractivity contribution in [3.05, 3.63) is 57.4 Å². The van der Waals surface area contributed by atoms with Gasteiger partial charge in [-0.25, -0.2) is 9.97 Å². The summed E-state index contributed by atoms with van der Waals surface area (Å²) in [7, 11) is 0. The minimum absolute atomic E-state index is 0.0247. The summed E-state index contributed by atoms with van der Waals surface area (Å²) in [6, 6.07) is 5.21. The van der Waals surface area contributed by atoms with Crippen LogP contribution in [0.5, 0.6) is 5.75 Å². The van der Waals surface area contributed by atoms with Crippen LogP contribution in [0.25, 0.3) is 11.2 Å². The molecule has 10 nitrogen and oxygen atoms in total. The summed E-state index contributed by atoms with van der Waals surface area (Å²) >= 11 is 0. The number of aromatic amines is 1. The molecule has 2 heterocycles. The highest BCUT2D eigenvalue weighted by atomic mass is 16.6. The van der Waals surface area contributed by atoms with Crippen LogP contribution in [0.2, 0.25) is 0 Å². The van der Waals surface area contributed by atoms with Crippen molar-refractivity contribution < 1.29 is 14.5 Å². The van der Waals surface area contributed by atoms with Gasteiger partial charge in [0.15, 0.2) is 11.2 Å². The quantitative estimate of drug-likeness (QED) is 0.320. The molecule has 0 saturated carbocycles. The first-order valence-electron chi connectivity index (χ1n) is 6.88. The van der Waals surface area contributed by atoms with E-state index in [1.807, 2.05) is 0 Å². The van der Waals surface area contributed by atoms with Crippen LogP contribution in [0.1, 0.15) is 6.42 Å². The molecule has 0 aliphatic rings. The topological polar surface area (TPSA) is 133 Å². The summed E-state index contributed by atoms with van der Waals surface area (Å²) in [5, 5.41) is 10.6. The van der Waals surface area contributed by atoms with Crippen LogP contribution in [0.4, 0.5) is 5.69 Å². The van der Waals surface area contributed by atoms with E-state index in [9.17, 15) is 19.7 Å². The summed E-state index contributed by atoms with van der Waals surface area (Å²) in [4.78, 5) is 43.8. The molecule has 2 aromatic heterocycles. The van der Waals surface area contributed by atoms with Crippen LogP contribution < -0.4 is 10.3 Å². The van der Waals surface area contributed by atoms with Crippen molar-refractivity contribution in [1.82, 2.24) is 19.5 Å². The van der Waals surface area contributed by atoms with Gasteiger partial charge in [-0.3, -0.25) is 19.7 Å². The summed E-state index contributed by atoms with van der Waals surface area (Å²) in [6.45, 7) is 0.235. The Morgan fingerprint density at radius 3 is 2.75 bits per heavy atom. The van der Waals surface area contributed by atoms with E-state index in [2.05, 4.69) is 15.0 Å². The molecule has 0 radical (unpaired) electrons. The monoisotopic (exact) mass is 329 g/mol. The van der Waals surface area contributed by atoms with Crippen molar-refractivity contribution >= 4 is 22.8 Å². The molecular weight excluding hydrogens is 318 g/mol. The molecule has 0 saturated heterocycles. The van der Waals surface area contributed by atoms with Gasteiger partial charge in [0.05, 0.1) is 24.0 Å². The first-order chi connectivity index (χ1) is 11.5. The molecular formula is C14H11N5O5. The Bertz CT molecular complexity index is 960. The van der Waals surface area contributed by atoms with Crippen molar-refractivity contribution in [2.75, 3.05) is 0 Å². The Morgan fingerprint density at radius 2 is 2.04 bits per heavy atom. The molecule has 3 rings (SSSR count). The van der Waals surface area contributed by atoms with E-state index < -0.39 is 10.9 Å². The summed E-state index contributed by atoms with van der Waals surface area (Å²) in [5.74, 6) is -0.300. The molecule has 0 aliphatic heterocycles. The molecule has 3 aromatic rings. The second-order valence-corrected chi connectivity index (χ2v) is 4.82. The van der Waals surface area contributed by atoms with Gasteiger partial charge in [-0.05, 0) is 12.1 Å². The van der Waals surface area contributed by atoms with Crippen molar-refractivity contribution in [3.63, 3.8) is 0 Å². The number of carbonyl (C=O) groups is 1. The number of aromatic nitrogens is 4. The lowest BCUT2D eigenvalue weighted by Crippen LogP contribution is -2.12. The molecule has 0 bridgehead atoms. The smallest absolute Gasteiger partial charge is 0.312 e. The van der Waals surface area contributed by atoms with Crippen LogP contribution in [-0.2, 0) is 11.3 Å². The SMILES string of the molecule is O=C(CCn1cnc2c(=O)[nH]cnc21)Oc1ccc([N+](=O)[O-])cc1. The zero-order chi connectivity index (χ0) is 17.1. The second-order valence-electron chi connectivity index (χ2n) is 4.82. The summed E-state index contributed by atoms with van der Waals surface area (Å²) in [6.07, 6.45) is 2.71. The van der Waals surface area contributed by atoms with Crippen LogP contribution in [-0.4, -0.2) is 30.4 Å². The average Bonchev–Trinajstić information content (AvgIpc) is 2.98. The van der Waals surface area contributed by atoms with Crippen molar-refractivity contribution in [3.8, 4) is 5.75 Å². The molecule has 1 N–H and O–H groups in total. The lowest BCUT2D eigenvalue weighted by Gasteiger charge is -2.05. The number of rotatable bonds is 5. The van der Waals surface area contributed by atoms with Gasteiger partial charge < -0.3 is 14.3 Å². The maximum atomic E-state index is 11.9. The fourth-order valence-electron chi connectivity index (χ4n) is 2.09. The van der Waals surface area contributed by atoms with Gasteiger partial charge in [0.25, 0.3) is 11.2 Å². The molecule has 0 atom stereocenters. The summed E-state index contributed by atoms with van der Waals surface area (Å²) in [5.41, 5.74) is 0.131. The van der Waals surface area contributed by atoms with E-state index in [-0.39, 0.29) is 35.5 Å². The number of hydrogen-bond donors (Lipinski definition) is 1. The Kier molecular flexibility index (Phi) is 4.01. The Balaban J connectivity index is 1.63. The Morgan fingerprint density at radius 1 is 1.29 bits per heavy atom. The fourth-order valence-corrected chi connectivity index (χ4v) is 2.09. The van der Waals surface area contributed by atoms with Gasteiger partial charge in [0.2, 0.25) is 0 Å². The third-order valence-electron chi connectivity index (χ3n) is 3.24. The van der Waals surface area contributed by atoms with E-state index >= 15 is 0 Å². The highest BCUT2D eigenvalue weighted by Crippen LogP contribution is 2.17. The number of non-ortho nitro benzene ring substituents is 1. The number of nitrogens with one attached hydrogen (secondary N) is 1. The molecule has 0 unspecified atom stereocenters. The molecule has 10 heteroatoms. The van der Waals surface area contributed by atoms with Crippen LogP contribution in [0, 0.1) is 10.1 Å². The Labute approximate surface area is 133 Å². The number of nitro benzene ring substituents is 1. The number of ether oxygens (including phenoxy) is 1. The zero-order valence-corrected chi connectivity index (χ0v) is 12.2. The third kappa shape index (κ3) is 3.11. The fraction of sp³-hybridized carbons (Fsp3) is 0.143. The molecule has 0 aliphatic carbocycles. The van der Waals surface area contributed by atoms with E-state index in [1.165, 1.54) is 36.9 Å². The van der Waals surface area contributed by atoms with Crippen LogP contribution in [0.3, 0.4) is 0 Å². The van der Waals surface area contributed by atoms with Crippen molar-refractivity contribution in [2.24, 2.45) is 0 Å². The minimum Gasteiger partial charge on any atom is -0.426 e. The van der Waals surface area contributed by atoms with E-state index in [4.69, 9.17) is 4.74 Å². The maximum absolute atomic E-state index is 11.9. The number of nitrogens with zero attached hydrogens (tertiary/aromatic N) is 4. The number of nitro groups is 1. The maximum Gasteiger partial charge on any atom is 0.312 e. The molecule has 0 spiro atoms. The van der Waals surface area contributed by atoms with Gasteiger partial charge in [-0.2, -0.15) is 0 Å². The molecule has 24 heavy (non-hydrogen) atoms. The molecule has 1 aromatic carbocycles. The van der Waals surface area contributed by atoms with Crippen molar-refractivity contribution in [1.29, 1.82) is 0 Å². The summed E-state index contributed by atoms with van der Waals surface area (Å²) < 4.78 is 6.67. The van der Waals surface area contributed by atoms with E-state index in [0.717, 1.165) is 0 Å². The van der Waals surface area contributed by atoms with E-state index in [1.54, 1.807) is 4.57 Å². The normalized spacial score (nSPS) is 10.7. The lowest BCUT2D eigenvalue weighted by molar-refractivity contribution is -0.384. The number of carbonyl (C=O) groups excluding carboxylic acids is 1. The molecule has 0 amide bonds. The van der Waals surface area contributed by atoms with Gasteiger partial charge in [0, 0.05) is 18.7 Å². The number of imidazole rings is 1. The van der Waals surface area contributed by atoms with Gasteiger partial charge in [-0.1, -0.05) is 0 Å². The Hall–Kier alpha value is -3.56. The van der Waals surface area contributed by atoms with Gasteiger partial charge in [0.1, 0.15) is 5.75 Å². The third-order valence-corrected chi connectivity index (χ3v) is 3.24. The first-order valence-corrected chi connectivity index (χ1v) is 6.88. The number of benzene rings is 1. The average molecular weight is 329 g/mol. The van der Waals surface area contributed by atoms with Crippen LogP contribution in [0.15, 0.2) is 41.7 Å². The predicted molar refractivity (Wildman–Crippen MR) is 81.5 cm³/mol. The molecule has 0 fully saturated rings. The largest absolute Gasteiger partial charge is 0.426 e. The van der Waals surface area contributed by atoms with Gasteiger partial charge in [-0.15, -0.1) is 0 Å². The van der Waals surface area contributed by atoms with Gasteiger partial charge >= 0.3 is 5.97 Å². The number of esters is 1. The molecule has 122 valence electrons. The highest BCUT2D eigenvalue weighted by Gasteiger charge is 2.11. The first kappa shape index (κ1) is 15.3. The second kappa shape index (κ2) is 6.28. The number of hydrogen-bond acceptors (Lipinski definition) is 7. The zero-order valence-electron chi connectivity index (χ0n) is 12.2. The van der Waals surface area contributed by atoms with E-state index in [0.29, 0.717) is 5.65 Å². The number of aryl methyl sites for hydroxylation is 1. The van der Waals surface area contributed by atoms with Crippen molar-refractivity contribution in [2.45, 2.75) is 13.0 Å². The predicted octanol–water partition coefficient (Wildman–Crippen LogP) is 1.02. The number of fused-ring (bicyclic) bond motifs is 1.